The molecule has 5 atom stereocenters. The van der Waals surface area contributed by atoms with Crippen LogP contribution in [0.3, 0.4) is 0 Å². The highest BCUT2D eigenvalue weighted by Gasteiger charge is 2.52. The molecule has 0 aliphatic carbocycles. The maximum absolute atomic E-state index is 11.6. The molecular formula is C16H24N3O10-. The van der Waals surface area contributed by atoms with Crippen molar-refractivity contribution in [1.29, 1.82) is 0 Å². The summed E-state index contributed by atoms with van der Waals surface area (Å²) in [5, 5.41) is 2.71. The Kier molecular flexibility index (Phi) is 9.96. The molecule has 0 aromatic heterocycles. The Hall–Kier alpha value is -2.80. The SMILES string of the molecule is CC(=O)OC[C@H]1O[C@@H](OCCNN=[N-])[C@@H](OC(C)=O)[C@@H](OC(C)=O)[C@H]1OC(C)=O. The monoisotopic (exact) mass is 418 g/mol. The van der Waals surface area contributed by atoms with Crippen LogP contribution in [-0.4, -0.2) is 74.3 Å². The van der Waals surface area contributed by atoms with Crippen molar-refractivity contribution in [3.63, 3.8) is 0 Å². The minimum atomic E-state index is -1.30. The summed E-state index contributed by atoms with van der Waals surface area (Å²) >= 11 is 0. The first kappa shape index (κ1) is 24.2. The number of hydrogen-bond donors (Lipinski definition) is 1. The van der Waals surface area contributed by atoms with E-state index in [-0.39, 0.29) is 19.8 Å². The lowest BCUT2D eigenvalue weighted by Crippen LogP contribution is -2.63. The number of carbonyl (C=O) groups excluding carboxylic acids is 4. The van der Waals surface area contributed by atoms with Gasteiger partial charge in [-0.2, -0.15) is 0 Å². The second-order valence-electron chi connectivity index (χ2n) is 5.95. The van der Waals surface area contributed by atoms with E-state index in [1.54, 1.807) is 0 Å². The van der Waals surface area contributed by atoms with Crippen molar-refractivity contribution in [2.24, 2.45) is 5.22 Å². The summed E-state index contributed by atoms with van der Waals surface area (Å²) in [6, 6.07) is 0. The molecule has 164 valence electrons. The van der Waals surface area contributed by atoms with Gasteiger partial charge in [-0.1, -0.05) is 0 Å². The molecule has 0 aromatic carbocycles. The second kappa shape index (κ2) is 11.9. The zero-order valence-corrected chi connectivity index (χ0v) is 16.5. The maximum atomic E-state index is 11.6. The van der Waals surface area contributed by atoms with Crippen LogP contribution >= 0.6 is 0 Å². The van der Waals surface area contributed by atoms with E-state index >= 15 is 0 Å². The maximum Gasteiger partial charge on any atom is 0.303 e. The van der Waals surface area contributed by atoms with Crippen LogP contribution in [-0.2, 0) is 47.6 Å². The van der Waals surface area contributed by atoms with Crippen LogP contribution in [0.4, 0.5) is 0 Å². The zero-order valence-electron chi connectivity index (χ0n) is 16.5. The average molecular weight is 418 g/mol. The van der Waals surface area contributed by atoms with E-state index in [2.05, 4.69) is 10.6 Å². The summed E-state index contributed by atoms with van der Waals surface area (Å²) in [4.78, 5) is 46.0. The number of esters is 4. The first-order valence-corrected chi connectivity index (χ1v) is 8.64. The molecule has 1 fully saturated rings. The average Bonchev–Trinajstić information content (AvgIpc) is 2.60. The summed E-state index contributed by atoms with van der Waals surface area (Å²) in [6.45, 7) is 4.21. The van der Waals surface area contributed by atoms with Crippen molar-refractivity contribution in [2.75, 3.05) is 19.8 Å². The summed E-state index contributed by atoms with van der Waals surface area (Å²) < 4.78 is 31.8. The first-order chi connectivity index (χ1) is 13.6. The molecule has 13 nitrogen and oxygen atoms in total. The van der Waals surface area contributed by atoms with E-state index in [9.17, 15) is 19.2 Å². The van der Waals surface area contributed by atoms with Crippen LogP contribution in [0.1, 0.15) is 27.7 Å². The molecule has 1 aliphatic rings. The van der Waals surface area contributed by atoms with Crippen LogP contribution in [0.15, 0.2) is 5.22 Å². The number of rotatable bonds is 10. The number of hydrogen-bond acceptors (Lipinski definition) is 11. The van der Waals surface area contributed by atoms with Gasteiger partial charge in [-0.25, -0.2) is 0 Å². The lowest BCUT2D eigenvalue weighted by atomic mass is 9.98. The molecule has 13 heteroatoms. The molecule has 0 aromatic rings. The summed E-state index contributed by atoms with van der Waals surface area (Å²) in [7, 11) is 0. The van der Waals surface area contributed by atoms with Crippen molar-refractivity contribution in [1.82, 2.24) is 5.43 Å². The fourth-order valence-corrected chi connectivity index (χ4v) is 2.59. The number of nitrogens with zero attached hydrogens (tertiary/aromatic N) is 2. The minimum Gasteiger partial charge on any atom is -0.463 e. The van der Waals surface area contributed by atoms with Crippen LogP contribution < -0.4 is 5.43 Å². The van der Waals surface area contributed by atoms with Gasteiger partial charge in [0, 0.05) is 27.7 Å². The zero-order chi connectivity index (χ0) is 22.0. The van der Waals surface area contributed by atoms with Crippen molar-refractivity contribution in [3.8, 4) is 0 Å². The highest BCUT2D eigenvalue weighted by Crippen LogP contribution is 2.29. The van der Waals surface area contributed by atoms with Gasteiger partial charge in [-0.05, 0) is 6.54 Å². The lowest BCUT2D eigenvalue weighted by Gasteiger charge is -2.44. The fraction of sp³-hybridized carbons (Fsp3) is 0.750. The Bertz CT molecular complexity index is 614. The fourth-order valence-electron chi connectivity index (χ4n) is 2.59. The summed E-state index contributed by atoms with van der Waals surface area (Å²) in [5.74, 6) is -2.81. The summed E-state index contributed by atoms with van der Waals surface area (Å²) in [5.41, 5.74) is 10.6. The number of ether oxygens (including phenoxy) is 6. The van der Waals surface area contributed by atoms with Crippen LogP contribution in [0.5, 0.6) is 0 Å². The van der Waals surface area contributed by atoms with E-state index in [1.807, 2.05) is 0 Å². The number of carbonyl (C=O) groups is 4. The molecule has 0 bridgehead atoms. The van der Waals surface area contributed by atoms with Gasteiger partial charge in [0.1, 0.15) is 12.7 Å². The smallest absolute Gasteiger partial charge is 0.303 e. The van der Waals surface area contributed by atoms with Gasteiger partial charge in [-0.3, -0.25) is 24.4 Å². The van der Waals surface area contributed by atoms with Crippen LogP contribution in [0.25, 0.3) is 5.53 Å². The lowest BCUT2D eigenvalue weighted by molar-refractivity contribution is -0.307. The van der Waals surface area contributed by atoms with Gasteiger partial charge in [0.05, 0.1) is 6.61 Å². The molecule has 1 heterocycles. The molecule has 0 saturated carbocycles. The van der Waals surface area contributed by atoms with E-state index < -0.39 is 54.6 Å². The molecule has 0 spiro atoms. The Labute approximate surface area is 166 Å². The third kappa shape index (κ3) is 8.39. The predicted octanol–water partition coefficient (Wildman–Crippen LogP) is -0.388. The topological polar surface area (TPSA) is 170 Å². The van der Waals surface area contributed by atoms with E-state index in [0.717, 1.165) is 20.8 Å². The quantitative estimate of drug-likeness (QED) is 0.161. The molecule has 1 saturated heterocycles. The van der Waals surface area contributed by atoms with Crippen molar-refractivity contribution >= 4 is 23.9 Å². The highest BCUT2D eigenvalue weighted by molar-refractivity contribution is 5.68. The van der Waals surface area contributed by atoms with Gasteiger partial charge in [0.2, 0.25) is 0 Å². The van der Waals surface area contributed by atoms with Gasteiger partial charge in [0.15, 0.2) is 24.6 Å². The van der Waals surface area contributed by atoms with Crippen molar-refractivity contribution < 1.29 is 47.6 Å². The van der Waals surface area contributed by atoms with Gasteiger partial charge in [-0.15, -0.1) is 0 Å². The standard InChI is InChI=1S/C16H24N3O10/c1-8(20)25-7-12-13(26-9(2)21)14(27-10(3)22)15(28-11(4)23)16(29-12)24-6-5-18-19-17/h12-16H,5-7H2,1-4H3,(H-,17,18)/q-1/t12-,13+,14+,15+,16-/m1/s1. The molecule has 0 unspecified atom stereocenters. The molecule has 0 amide bonds. The molecule has 1 aliphatic heterocycles. The van der Waals surface area contributed by atoms with Gasteiger partial charge in [0.25, 0.3) is 0 Å². The number of nitrogens with one attached hydrogen (secondary N) is 1. The van der Waals surface area contributed by atoms with Crippen molar-refractivity contribution in [3.05, 3.63) is 5.53 Å². The van der Waals surface area contributed by atoms with E-state index in [4.69, 9.17) is 34.0 Å². The third-order valence-electron chi connectivity index (χ3n) is 3.51. The van der Waals surface area contributed by atoms with Gasteiger partial charge < -0.3 is 39.4 Å². The van der Waals surface area contributed by atoms with Crippen LogP contribution in [0, 0.1) is 0 Å². The molecular weight excluding hydrogens is 394 g/mol. The van der Waals surface area contributed by atoms with Crippen LogP contribution in [0.2, 0.25) is 0 Å². The van der Waals surface area contributed by atoms with Crippen molar-refractivity contribution in [2.45, 2.75) is 58.4 Å². The molecule has 0 radical (unpaired) electrons. The summed E-state index contributed by atoms with van der Waals surface area (Å²) in [6.07, 6.45) is -6.18. The normalized spacial score (nSPS) is 26.0. The third-order valence-corrected chi connectivity index (χ3v) is 3.51. The molecule has 1 rings (SSSR count). The Morgan fingerprint density at radius 3 is 1.97 bits per heavy atom. The Balaban J connectivity index is 3.19. The molecule has 1 N–H and O–H groups in total. The first-order valence-electron chi connectivity index (χ1n) is 8.64. The second-order valence-corrected chi connectivity index (χ2v) is 5.95. The largest absolute Gasteiger partial charge is 0.463 e. The van der Waals surface area contributed by atoms with E-state index in [1.165, 1.54) is 6.92 Å². The Morgan fingerprint density at radius 1 is 0.897 bits per heavy atom. The van der Waals surface area contributed by atoms with E-state index in [0.29, 0.717) is 0 Å². The minimum absolute atomic E-state index is 0.0577. The van der Waals surface area contributed by atoms with Gasteiger partial charge >= 0.3 is 23.9 Å². The molecule has 29 heavy (non-hydrogen) atoms. The Morgan fingerprint density at radius 2 is 1.45 bits per heavy atom. The highest BCUT2D eigenvalue weighted by atomic mass is 16.7. The predicted molar refractivity (Wildman–Crippen MR) is 91.7 cm³/mol.